The maximum absolute atomic E-state index is 9.05. The zero-order chi connectivity index (χ0) is 13.4. The number of aliphatic hydroxyl groups is 1. The van der Waals surface area contributed by atoms with Crippen LogP contribution >= 0.6 is 0 Å². The van der Waals surface area contributed by atoms with Gasteiger partial charge in [-0.15, -0.1) is 0 Å². The topological polar surface area (TPSA) is 44.7 Å². The van der Waals surface area contributed by atoms with Crippen molar-refractivity contribution in [3.05, 3.63) is 0 Å². The fraction of sp³-hybridized carbons (Fsp3) is 1.00. The van der Waals surface area contributed by atoms with Crippen LogP contribution < -0.4 is 5.32 Å². The van der Waals surface area contributed by atoms with E-state index in [4.69, 9.17) is 9.84 Å². The number of nitrogens with zero attached hydrogens (tertiary/aromatic N) is 1. The van der Waals surface area contributed by atoms with E-state index in [0.717, 1.165) is 12.3 Å². The van der Waals surface area contributed by atoms with Crippen LogP contribution in [0.25, 0.3) is 0 Å². The minimum atomic E-state index is 0.224. The second kappa shape index (κ2) is 8.86. The standard InChI is InChI=1S/C14H30N2O2/c1-4-16-8-5-13(6-9-16)12(2)15-14(7-10-17)11-18-3/h12-15,17H,4-11H2,1-3H3. The number of aliphatic hydroxyl groups excluding tert-OH is 1. The summed E-state index contributed by atoms with van der Waals surface area (Å²) in [6.45, 7) is 9.03. The van der Waals surface area contributed by atoms with Gasteiger partial charge in [-0.3, -0.25) is 0 Å². The molecule has 2 N–H and O–H groups in total. The molecule has 0 amide bonds. The van der Waals surface area contributed by atoms with Gasteiger partial charge in [0, 0.05) is 25.8 Å². The third-order valence-corrected chi connectivity index (χ3v) is 4.13. The highest BCUT2D eigenvalue weighted by Crippen LogP contribution is 2.20. The summed E-state index contributed by atoms with van der Waals surface area (Å²) in [4.78, 5) is 2.52. The SMILES string of the molecule is CCN1CCC(C(C)NC(CCO)COC)CC1. The first kappa shape index (κ1) is 15.9. The van der Waals surface area contributed by atoms with E-state index in [9.17, 15) is 0 Å². The lowest BCUT2D eigenvalue weighted by Crippen LogP contribution is -2.47. The molecular formula is C14H30N2O2. The molecule has 1 saturated heterocycles. The monoisotopic (exact) mass is 258 g/mol. The van der Waals surface area contributed by atoms with Crippen molar-refractivity contribution in [3.8, 4) is 0 Å². The van der Waals surface area contributed by atoms with Gasteiger partial charge in [0.1, 0.15) is 0 Å². The van der Waals surface area contributed by atoms with Crippen molar-refractivity contribution >= 4 is 0 Å². The van der Waals surface area contributed by atoms with Gasteiger partial charge in [0.25, 0.3) is 0 Å². The van der Waals surface area contributed by atoms with Crippen molar-refractivity contribution in [1.82, 2.24) is 10.2 Å². The summed E-state index contributed by atoms with van der Waals surface area (Å²) in [6, 6.07) is 0.787. The van der Waals surface area contributed by atoms with Crippen LogP contribution in [-0.4, -0.2) is 62.0 Å². The van der Waals surface area contributed by atoms with Crippen LogP contribution in [0, 0.1) is 5.92 Å². The van der Waals surface area contributed by atoms with Crippen molar-refractivity contribution in [1.29, 1.82) is 0 Å². The highest BCUT2D eigenvalue weighted by molar-refractivity contribution is 4.81. The Labute approximate surface area is 112 Å². The molecule has 2 atom stereocenters. The van der Waals surface area contributed by atoms with Gasteiger partial charge in [-0.05, 0) is 51.7 Å². The first-order valence-electron chi connectivity index (χ1n) is 7.29. The van der Waals surface area contributed by atoms with Gasteiger partial charge < -0.3 is 20.1 Å². The number of hydrogen-bond donors (Lipinski definition) is 2. The summed E-state index contributed by atoms with van der Waals surface area (Å²) in [5, 5.41) is 12.7. The number of methoxy groups -OCH3 is 1. The summed E-state index contributed by atoms with van der Waals surface area (Å²) in [6.07, 6.45) is 3.33. The number of rotatable bonds is 8. The molecule has 4 heteroatoms. The first-order chi connectivity index (χ1) is 8.71. The Morgan fingerprint density at radius 2 is 2.06 bits per heavy atom. The number of nitrogens with one attached hydrogen (secondary N) is 1. The third-order valence-electron chi connectivity index (χ3n) is 4.13. The summed E-state index contributed by atoms with van der Waals surface area (Å²) >= 11 is 0. The molecule has 1 fully saturated rings. The molecule has 0 aliphatic carbocycles. The summed E-state index contributed by atoms with van der Waals surface area (Å²) < 4.78 is 5.20. The Balaban J connectivity index is 2.32. The van der Waals surface area contributed by atoms with E-state index in [2.05, 4.69) is 24.1 Å². The molecule has 1 aliphatic rings. The van der Waals surface area contributed by atoms with Gasteiger partial charge in [0.2, 0.25) is 0 Å². The normalized spacial score (nSPS) is 22.0. The average Bonchev–Trinajstić information content (AvgIpc) is 2.39. The first-order valence-corrected chi connectivity index (χ1v) is 7.29. The molecular weight excluding hydrogens is 228 g/mol. The zero-order valence-electron chi connectivity index (χ0n) is 12.2. The molecule has 0 saturated carbocycles. The van der Waals surface area contributed by atoms with E-state index in [1.54, 1.807) is 7.11 Å². The quantitative estimate of drug-likeness (QED) is 0.684. The van der Waals surface area contributed by atoms with E-state index in [0.29, 0.717) is 12.6 Å². The van der Waals surface area contributed by atoms with Crippen LogP contribution in [0.1, 0.15) is 33.1 Å². The van der Waals surface area contributed by atoms with Crippen molar-refractivity contribution in [3.63, 3.8) is 0 Å². The smallest absolute Gasteiger partial charge is 0.0616 e. The summed E-state index contributed by atoms with van der Waals surface area (Å²) in [5.41, 5.74) is 0. The van der Waals surface area contributed by atoms with Gasteiger partial charge >= 0.3 is 0 Å². The number of likely N-dealkylation sites (tertiary alicyclic amines) is 1. The second-order valence-electron chi connectivity index (χ2n) is 5.39. The van der Waals surface area contributed by atoms with Gasteiger partial charge in [-0.25, -0.2) is 0 Å². The van der Waals surface area contributed by atoms with Gasteiger partial charge in [-0.1, -0.05) is 6.92 Å². The molecule has 1 aliphatic heterocycles. The van der Waals surface area contributed by atoms with Crippen molar-refractivity contribution in [2.45, 2.75) is 45.2 Å². The zero-order valence-corrected chi connectivity index (χ0v) is 12.2. The molecule has 1 heterocycles. The van der Waals surface area contributed by atoms with Gasteiger partial charge in [0.05, 0.1) is 6.61 Å². The summed E-state index contributed by atoms with van der Waals surface area (Å²) in [7, 11) is 1.72. The lowest BCUT2D eigenvalue weighted by molar-refractivity contribution is 0.122. The second-order valence-corrected chi connectivity index (χ2v) is 5.39. The van der Waals surface area contributed by atoms with E-state index in [1.165, 1.54) is 32.5 Å². The Hall–Kier alpha value is -0.160. The van der Waals surface area contributed by atoms with Gasteiger partial charge in [-0.2, -0.15) is 0 Å². The van der Waals surface area contributed by atoms with Gasteiger partial charge in [0.15, 0.2) is 0 Å². The molecule has 0 aromatic heterocycles. The van der Waals surface area contributed by atoms with E-state index in [1.807, 2.05) is 0 Å². The minimum Gasteiger partial charge on any atom is -0.396 e. The molecule has 0 aromatic rings. The van der Waals surface area contributed by atoms with Crippen LogP contribution in [0.2, 0.25) is 0 Å². The van der Waals surface area contributed by atoms with Crippen molar-refractivity contribution < 1.29 is 9.84 Å². The molecule has 4 nitrogen and oxygen atoms in total. The molecule has 0 spiro atoms. The molecule has 0 bridgehead atoms. The van der Waals surface area contributed by atoms with E-state index in [-0.39, 0.29) is 12.6 Å². The highest BCUT2D eigenvalue weighted by atomic mass is 16.5. The van der Waals surface area contributed by atoms with Crippen LogP contribution in [0.5, 0.6) is 0 Å². The Morgan fingerprint density at radius 1 is 1.39 bits per heavy atom. The average molecular weight is 258 g/mol. The lowest BCUT2D eigenvalue weighted by Gasteiger charge is -2.36. The maximum Gasteiger partial charge on any atom is 0.0616 e. The number of hydrogen-bond acceptors (Lipinski definition) is 4. The van der Waals surface area contributed by atoms with Crippen LogP contribution in [0.15, 0.2) is 0 Å². The minimum absolute atomic E-state index is 0.224. The fourth-order valence-electron chi connectivity index (χ4n) is 2.85. The molecule has 1 rings (SSSR count). The van der Waals surface area contributed by atoms with E-state index < -0.39 is 0 Å². The van der Waals surface area contributed by atoms with Crippen LogP contribution in [-0.2, 0) is 4.74 Å². The summed E-state index contributed by atoms with van der Waals surface area (Å²) in [5.74, 6) is 0.755. The largest absolute Gasteiger partial charge is 0.396 e. The Morgan fingerprint density at radius 3 is 2.56 bits per heavy atom. The third kappa shape index (κ3) is 5.22. The number of piperidine rings is 1. The Bertz CT molecular complexity index is 200. The van der Waals surface area contributed by atoms with Crippen LogP contribution in [0.3, 0.4) is 0 Å². The molecule has 0 radical (unpaired) electrons. The Kier molecular flexibility index (Phi) is 7.82. The van der Waals surface area contributed by atoms with E-state index >= 15 is 0 Å². The highest BCUT2D eigenvalue weighted by Gasteiger charge is 2.24. The van der Waals surface area contributed by atoms with Crippen LogP contribution in [0.4, 0.5) is 0 Å². The fourth-order valence-corrected chi connectivity index (χ4v) is 2.85. The van der Waals surface area contributed by atoms with Crippen molar-refractivity contribution in [2.75, 3.05) is 40.0 Å². The lowest BCUT2D eigenvalue weighted by atomic mass is 9.90. The maximum atomic E-state index is 9.05. The molecule has 108 valence electrons. The number of ether oxygens (including phenoxy) is 1. The molecule has 18 heavy (non-hydrogen) atoms. The molecule has 2 unspecified atom stereocenters. The predicted octanol–water partition coefficient (Wildman–Crippen LogP) is 1.09. The van der Waals surface area contributed by atoms with Crippen molar-refractivity contribution in [2.24, 2.45) is 5.92 Å². The molecule has 0 aromatic carbocycles. The predicted molar refractivity (Wildman–Crippen MR) is 74.8 cm³/mol.